The van der Waals surface area contributed by atoms with Gasteiger partial charge in [-0.2, -0.15) is 0 Å². The van der Waals surface area contributed by atoms with E-state index in [1.807, 2.05) is 0 Å². The molecular weight excluding hydrogens is 361 g/mol. The number of hydrogen-bond acceptors (Lipinski definition) is 0. The zero-order valence-corrected chi connectivity index (χ0v) is 12.3. The van der Waals surface area contributed by atoms with Gasteiger partial charge in [-0.1, -0.05) is 0 Å². The van der Waals surface area contributed by atoms with Gasteiger partial charge >= 0.3 is 43.4 Å². The molecule has 0 unspecified atom stereocenters. The molecule has 0 nitrogen and oxygen atoms in total. The molecule has 0 saturated heterocycles. The summed E-state index contributed by atoms with van der Waals surface area (Å²) in [5.74, 6) is 0. The maximum absolute atomic E-state index is 0. The average Bonchev–Trinajstić information content (AvgIpc) is 0. The van der Waals surface area contributed by atoms with Crippen LogP contribution in [0.15, 0.2) is 0 Å². The van der Waals surface area contributed by atoms with Crippen molar-refractivity contribution in [3.63, 3.8) is 0 Å². The van der Waals surface area contributed by atoms with Gasteiger partial charge in [0.15, 0.2) is 0 Å². The number of rotatable bonds is 0. The van der Waals surface area contributed by atoms with Crippen molar-refractivity contribution in [2.75, 3.05) is 0 Å². The smallest absolute Gasteiger partial charge is 1.00 e. The zero-order chi connectivity index (χ0) is 0. The molecule has 2 radical (unpaired) electrons. The normalized spacial score (nSPS) is 0. The molecule has 0 aromatic carbocycles. The van der Waals surface area contributed by atoms with Crippen LogP contribution in [0.5, 0.6) is 0 Å². The molecule has 10 heteroatoms. The van der Waals surface area contributed by atoms with Crippen molar-refractivity contribution < 1.29 is 132 Å². The summed E-state index contributed by atoms with van der Waals surface area (Å²) >= 11 is 0. The Labute approximate surface area is 130 Å². The molecule has 0 aliphatic heterocycles. The molecule has 0 bridgehead atoms. The van der Waals surface area contributed by atoms with Crippen molar-refractivity contribution in [1.82, 2.24) is 0 Å². The fourth-order valence-electron chi connectivity index (χ4n) is 0. The van der Waals surface area contributed by atoms with Gasteiger partial charge in [0.25, 0.3) is 0 Å². The number of halogens is 6. The summed E-state index contributed by atoms with van der Waals surface area (Å²) < 4.78 is 0. The van der Waals surface area contributed by atoms with Crippen LogP contribution in [0.4, 0.5) is 0 Å². The Bertz CT molecular complexity index is 19.7. The van der Waals surface area contributed by atoms with Crippen LogP contribution in [0, 0.1) is 0 Å². The van der Waals surface area contributed by atoms with Gasteiger partial charge in [-0.05, 0) is 0 Å². The van der Waals surface area contributed by atoms with E-state index in [2.05, 4.69) is 0 Å². The molecule has 0 amide bonds. The minimum absolute atomic E-state index is 0. The van der Waals surface area contributed by atoms with E-state index in [0.29, 0.717) is 0 Å². The summed E-state index contributed by atoms with van der Waals surface area (Å²) in [6.07, 6.45) is 0. The quantitative estimate of drug-likeness (QED) is 0.376. The van der Waals surface area contributed by atoms with Gasteiger partial charge < -0.3 is 51.3 Å². The van der Waals surface area contributed by atoms with Crippen LogP contribution in [0.2, 0.25) is 0 Å². The first-order valence-electron chi connectivity index (χ1n) is 0. The third-order valence-corrected chi connectivity index (χ3v) is 0. The van der Waals surface area contributed by atoms with Crippen LogP contribution < -0.4 is 51.3 Å². The summed E-state index contributed by atoms with van der Waals surface area (Å²) in [7, 11) is 0. The van der Waals surface area contributed by atoms with Crippen LogP contribution in [0.3, 0.4) is 0 Å². The predicted molar refractivity (Wildman–Crippen MR) is 0 cm³/mol. The Kier molecular flexibility index (Phi) is 2750. The van der Waals surface area contributed by atoms with E-state index in [1.165, 1.54) is 0 Å². The van der Waals surface area contributed by atoms with E-state index in [0.717, 1.165) is 0 Å². The fourth-order valence-corrected chi connectivity index (χ4v) is 0. The first kappa shape index (κ1) is 188. The Hall–Kier alpha value is 3.26. The van der Waals surface area contributed by atoms with Gasteiger partial charge in [0.2, 0.25) is 0 Å². The molecule has 0 atom stereocenters. The van der Waals surface area contributed by atoms with Crippen molar-refractivity contribution in [1.29, 1.82) is 0 Å². The van der Waals surface area contributed by atoms with E-state index < -0.39 is 0 Å². The summed E-state index contributed by atoms with van der Waals surface area (Å²) in [6.45, 7) is 0. The minimum Gasteiger partial charge on any atom is -1.00 e. The average molecular weight is 361 g/mol. The van der Waals surface area contributed by atoms with Crippen LogP contribution >= 0.6 is 0 Å². The molecule has 10 heavy (non-hydrogen) atoms. The van der Waals surface area contributed by atoms with Crippen molar-refractivity contribution in [3.8, 4) is 0 Å². The van der Waals surface area contributed by atoms with Gasteiger partial charge in [-0.25, -0.2) is 0 Å². The second kappa shape index (κ2) is 146. The molecule has 0 aliphatic carbocycles. The monoisotopic (exact) mass is 360 g/mol. The third kappa shape index (κ3) is 112. The van der Waals surface area contributed by atoms with E-state index in [4.69, 9.17) is 0 Å². The van der Waals surface area contributed by atoms with Crippen LogP contribution in [-0.2, 0) is 80.5 Å². The largest absolute Gasteiger partial charge is 4.00 e. The van der Waals surface area contributed by atoms with Crippen molar-refractivity contribution in [3.05, 3.63) is 0 Å². The Morgan fingerprint density at radius 1 is 0.400 bits per heavy atom. The van der Waals surface area contributed by atoms with Gasteiger partial charge in [0, 0.05) is 37.1 Å². The molecule has 58 valence electrons. The van der Waals surface area contributed by atoms with Gasteiger partial charge in [0.05, 0.1) is 0 Å². The van der Waals surface area contributed by atoms with Gasteiger partial charge in [-0.3, -0.25) is 0 Å². The molecule has 0 N–H and O–H groups in total. The molecule has 0 saturated carbocycles. The van der Waals surface area contributed by atoms with Crippen molar-refractivity contribution in [2.45, 2.75) is 0 Å². The summed E-state index contributed by atoms with van der Waals surface area (Å²) in [5, 5.41) is 0. The molecule has 0 aromatic heterocycles. The molecule has 0 heterocycles. The summed E-state index contributed by atoms with van der Waals surface area (Å²) in [5.41, 5.74) is 0. The second-order valence-electron chi connectivity index (χ2n) is 0. The summed E-state index contributed by atoms with van der Waals surface area (Å²) in [4.78, 5) is 0. The topological polar surface area (TPSA) is 0 Å². The Morgan fingerprint density at radius 3 is 0.400 bits per heavy atom. The van der Waals surface area contributed by atoms with Crippen molar-refractivity contribution in [2.24, 2.45) is 0 Å². The first-order valence-corrected chi connectivity index (χ1v) is 0. The van der Waals surface area contributed by atoms with Gasteiger partial charge in [0.1, 0.15) is 0 Å². The van der Waals surface area contributed by atoms with Crippen LogP contribution in [0.25, 0.3) is 0 Å². The standard InChI is InChI=1S/3ClH.3FH.2Ti.2V/h6*1H;;;;/q;;;;;;2*+4;;/p-6. The SMILES string of the molecule is [Cl-].[Cl-].[Cl-].[F-].[F-].[F-].[Ti+4].[Ti+4].[V].[V]. The maximum atomic E-state index is 0. The zero-order valence-electron chi connectivity index (χ0n) is 4.16. The Balaban J connectivity index is 0. The van der Waals surface area contributed by atoms with Crippen molar-refractivity contribution >= 4 is 0 Å². The molecule has 0 aromatic rings. The van der Waals surface area contributed by atoms with E-state index in [9.17, 15) is 0 Å². The maximum Gasteiger partial charge on any atom is 4.00 e. The molecule has 0 aliphatic rings. The number of hydrogen-bond donors (Lipinski definition) is 0. The van der Waals surface area contributed by atoms with E-state index in [1.54, 1.807) is 0 Å². The first-order chi connectivity index (χ1) is 0. The fraction of sp³-hybridized carbons (Fsp3) is 0. The Morgan fingerprint density at radius 2 is 0.400 bits per heavy atom. The van der Waals surface area contributed by atoms with Gasteiger partial charge in [-0.15, -0.1) is 0 Å². The molecule has 0 fully saturated rings. The molecule has 0 spiro atoms. The second-order valence-corrected chi connectivity index (χ2v) is 0. The van der Waals surface area contributed by atoms with E-state index >= 15 is 0 Å². The minimum atomic E-state index is 0. The molecule has 0 rings (SSSR count). The van der Waals surface area contributed by atoms with Crippen LogP contribution in [0.1, 0.15) is 0 Å². The molecular formula is Cl3F3Ti2V2+2. The predicted octanol–water partition coefficient (Wildman–Crippen LogP) is -18.0. The third-order valence-electron chi connectivity index (χ3n) is 0. The van der Waals surface area contributed by atoms with E-state index in [-0.39, 0.29) is 132 Å². The van der Waals surface area contributed by atoms with Crippen LogP contribution in [-0.4, -0.2) is 0 Å². The summed E-state index contributed by atoms with van der Waals surface area (Å²) in [6, 6.07) is 0.